The van der Waals surface area contributed by atoms with Crippen LogP contribution in [0.4, 0.5) is 0 Å². The molecular formula is C11H16O2. The van der Waals surface area contributed by atoms with Gasteiger partial charge < -0.3 is 0 Å². The standard InChI is InChI=1S/C11H16O2/c1-11-6-3-2-4-8(10(11)13)9(12)5-7-11/h8H,2-7H2,1H3/t8-,11+/m1/s1. The minimum absolute atomic E-state index is 0.158. The lowest BCUT2D eigenvalue weighted by atomic mass is 9.68. The number of Topliss-reactive ketones (excluding diaryl/α,β-unsaturated/α-hetero) is 2. The van der Waals surface area contributed by atoms with Gasteiger partial charge in [0.05, 0.1) is 5.92 Å². The number of rotatable bonds is 0. The molecule has 2 bridgehead atoms. The fraction of sp³-hybridized carbons (Fsp3) is 0.818. The predicted octanol–water partition coefficient (Wildman–Crippen LogP) is 2.11. The van der Waals surface area contributed by atoms with E-state index in [0.717, 1.165) is 32.1 Å². The second-order valence-electron chi connectivity index (χ2n) is 4.69. The zero-order chi connectivity index (χ0) is 9.47. The van der Waals surface area contributed by atoms with Crippen LogP contribution in [0.5, 0.6) is 0 Å². The maximum absolute atomic E-state index is 11.9. The van der Waals surface area contributed by atoms with Gasteiger partial charge in [0.2, 0.25) is 0 Å². The molecule has 2 nitrogen and oxygen atoms in total. The van der Waals surface area contributed by atoms with E-state index in [1.54, 1.807) is 0 Å². The fourth-order valence-corrected chi connectivity index (χ4v) is 2.67. The smallest absolute Gasteiger partial charge is 0.149 e. The van der Waals surface area contributed by atoms with Gasteiger partial charge in [-0.15, -0.1) is 0 Å². The van der Waals surface area contributed by atoms with Gasteiger partial charge in [0, 0.05) is 11.8 Å². The molecule has 2 heteroatoms. The van der Waals surface area contributed by atoms with E-state index in [4.69, 9.17) is 0 Å². The first-order valence-electron chi connectivity index (χ1n) is 5.20. The molecule has 0 spiro atoms. The summed E-state index contributed by atoms with van der Waals surface area (Å²) in [6, 6.07) is 0. The molecule has 0 aliphatic heterocycles. The van der Waals surface area contributed by atoms with Crippen LogP contribution < -0.4 is 0 Å². The van der Waals surface area contributed by atoms with Crippen molar-refractivity contribution < 1.29 is 9.59 Å². The van der Waals surface area contributed by atoms with Crippen LogP contribution in [0.1, 0.15) is 45.4 Å². The van der Waals surface area contributed by atoms with Gasteiger partial charge in [-0.1, -0.05) is 19.8 Å². The monoisotopic (exact) mass is 180 g/mol. The van der Waals surface area contributed by atoms with Crippen molar-refractivity contribution in [1.82, 2.24) is 0 Å². The first-order chi connectivity index (χ1) is 6.13. The molecule has 2 aliphatic carbocycles. The number of ketones is 2. The molecule has 2 atom stereocenters. The highest BCUT2D eigenvalue weighted by Crippen LogP contribution is 2.42. The average Bonchev–Trinajstić information content (AvgIpc) is 2.19. The summed E-state index contributed by atoms with van der Waals surface area (Å²) in [6.07, 6.45) is 5.40. The molecular weight excluding hydrogens is 164 g/mol. The van der Waals surface area contributed by atoms with Crippen LogP contribution in [0.3, 0.4) is 0 Å². The van der Waals surface area contributed by atoms with E-state index in [2.05, 4.69) is 0 Å². The summed E-state index contributed by atoms with van der Waals surface area (Å²) >= 11 is 0. The third kappa shape index (κ3) is 1.32. The third-order valence-electron chi connectivity index (χ3n) is 3.69. The molecule has 2 fully saturated rings. The quantitative estimate of drug-likeness (QED) is 0.535. The van der Waals surface area contributed by atoms with Gasteiger partial charge in [-0.3, -0.25) is 9.59 Å². The third-order valence-corrected chi connectivity index (χ3v) is 3.69. The first-order valence-corrected chi connectivity index (χ1v) is 5.20. The number of carbonyl (C=O) groups is 2. The Morgan fingerprint density at radius 3 is 2.77 bits per heavy atom. The summed E-state index contributed by atoms with van der Waals surface area (Å²) in [5.74, 6) is 0.201. The molecule has 0 N–H and O–H groups in total. The highest BCUT2D eigenvalue weighted by Gasteiger charge is 2.45. The van der Waals surface area contributed by atoms with Crippen LogP contribution >= 0.6 is 0 Å². The average molecular weight is 180 g/mol. The number of fused-ring (bicyclic) bond motifs is 2. The number of hydrogen-bond donors (Lipinski definition) is 0. The Morgan fingerprint density at radius 2 is 2.00 bits per heavy atom. The summed E-state index contributed by atoms with van der Waals surface area (Å²) in [7, 11) is 0. The van der Waals surface area contributed by atoms with Crippen molar-refractivity contribution in [2.45, 2.75) is 45.4 Å². The van der Waals surface area contributed by atoms with E-state index in [1.165, 1.54) is 0 Å². The minimum atomic E-state index is -0.235. The lowest BCUT2D eigenvalue weighted by Crippen LogP contribution is -2.41. The normalized spacial score (nSPS) is 40.2. The summed E-state index contributed by atoms with van der Waals surface area (Å²) in [5.41, 5.74) is -0.158. The lowest BCUT2D eigenvalue weighted by Gasteiger charge is -2.33. The fourth-order valence-electron chi connectivity index (χ4n) is 2.67. The van der Waals surface area contributed by atoms with E-state index in [0.29, 0.717) is 6.42 Å². The zero-order valence-corrected chi connectivity index (χ0v) is 8.14. The van der Waals surface area contributed by atoms with Crippen LogP contribution in [0.15, 0.2) is 0 Å². The second-order valence-corrected chi connectivity index (χ2v) is 4.69. The topological polar surface area (TPSA) is 34.1 Å². The molecule has 13 heavy (non-hydrogen) atoms. The van der Waals surface area contributed by atoms with Crippen LogP contribution in [-0.2, 0) is 9.59 Å². The molecule has 0 aromatic heterocycles. The highest BCUT2D eigenvalue weighted by atomic mass is 16.2. The molecule has 2 aliphatic rings. The zero-order valence-electron chi connectivity index (χ0n) is 8.14. The Bertz CT molecular complexity index is 257. The van der Waals surface area contributed by atoms with Crippen molar-refractivity contribution in [3.8, 4) is 0 Å². The molecule has 0 aromatic carbocycles. The molecule has 0 unspecified atom stereocenters. The molecule has 2 rings (SSSR count). The van der Waals surface area contributed by atoms with Gasteiger partial charge in [0.15, 0.2) is 0 Å². The Morgan fingerprint density at radius 1 is 1.23 bits per heavy atom. The van der Waals surface area contributed by atoms with Crippen molar-refractivity contribution >= 4 is 11.6 Å². The van der Waals surface area contributed by atoms with E-state index in [-0.39, 0.29) is 22.9 Å². The SMILES string of the molecule is C[C@]12CCCC[C@H](C(=O)CC1)C2=O. The molecule has 0 radical (unpaired) electrons. The highest BCUT2D eigenvalue weighted by molar-refractivity contribution is 6.07. The van der Waals surface area contributed by atoms with Crippen LogP contribution in [0.2, 0.25) is 0 Å². The Hall–Kier alpha value is -0.660. The summed E-state index contributed by atoms with van der Waals surface area (Å²) in [6.45, 7) is 2.04. The minimum Gasteiger partial charge on any atom is -0.299 e. The van der Waals surface area contributed by atoms with E-state index < -0.39 is 0 Å². The van der Waals surface area contributed by atoms with Gasteiger partial charge in [-0.2, -0.15) is 0 Å². The van der Waals surface area contributed by atoms with E-state index in [1.807, 2.05) is 6.92 Å². The first kappa shape index (κ1) is 8.92. The van der Waals surface area contributed by atoms with Crippen LogP contribution in [-0.4, -0.2) is 11.6 Å². The molecule has 0 saturated heterocycles. The molecule has 2 saturated carbocycles. The van der Waals surface area contributed by atoms with Crippen molar-refractivity contribution in [3.05, 3.63) is 0 Å². The summed E-state index contributed by atoms with van der Waals surface area (Å²) < 4.78 is 0. The molecule has 72 valence electrons. The van der Waals surface area contributed by atoms with Gasteiger partial charge in [0.1, 0.15) is 11.6 Å². The van der Waals surface area contributed by atoms with Crippen molar-refractivity contribution in [1.29, 1.82) is 0 Å². The predicted molar refractivity (Wildman–Crippen MR) is 49.3 cm³/mol. The van der Waals surface area contributed by atoms with Crippen molar-refractivity contribution in [2.24, 2.45) is 11.3 Å². The molecule has 0 heterocycles. The Kier molecular flexibility index (Phi) is 2.01. The number of hydrogen-bond acceptors (Lipinski definition) is 2. The Labute approximate surface area is 78.7 Å². The van der Waals surface area contributed by atoms with Crippen LogP contribution in [0.25, 0.3) is 0 Å². The maximum Gasteiger partial charge on any atom is 0.149 e. The van der Waals surface area contributed by atoms with Crippen molar-refractivity contribution in [3.63, 3.8) is 0 Å². The molecule has 0 amide bonds. The van der Waals surface area contributed by atoms with E-state index in [9.17, 15) is 9.59 Å². The summed E-state index contributed by atoms with van der Waals surface area (Å²) in [4.78, 5) is 23.4. The van der Waals surface area contributed by atoms with Crippen molar-refractivity contribution in [2.75, 3.05) is 0 Å². The van der Waals surface area contributed by atoms with E-state index >= 15 is 0 Å². The van der Waals surface area contributed by atoms with Crippen LogP contribution in [0, 0.1) is 11.3 Å². The summed E-state index contributed by atoms with van der Waals surface area (Å²) in [5, 5.41) is 0. The maximum atomic E-state index is 11.9. The number of carbonyl (C=O) groups excluding carboxylic acids is 2. The van der Waals surface area contributed by atoms with Gasteiger partial charge >= 0.3 is 0 Å². The second kappa shape index (κ2) is 2.93. The van der Waals surface area contributed by atoms with Gasteiger partial charge in [-0.25, -0.2) is 0 Å². The van der Waals surface area contributed by atoms with Gasteiger partial charge in [-0.05, 0) is 19.3 Å². The van der Waals surface area contributed by atoms with Gasteiger partial charge in [0.25, 0.3) is 0 Å². The Balaban J connectivity index is 2.32. The largest absolute Gasteiger partial charge is 0.299 e. The molecule has 0 aromatic rings. The lowest BCUT2D eigenvalue weighted by molar-refractivity contribution is -0.143.